The SMILES string of the molecule is CCNCc1ccc(-c2ccc(OC)cc2)c(Cl)c1. The summed E-state index contributed by atoms with van der Waals surface area (Å²) in [4.78, 5) is 0. The Labute approximate surface area is 119 Å². The van der Waals surface area contributed by atoms with Gasteiger partial charge >= 0.3 is 0 Å². The molecule has 0 aliphatic carbocycles. The molecule has 19 heavy (non-hydrogen) atoms. The standard InChI is InChI=1S/C16H18ClNO/c1-3-18-11-12-4-9-15(16(17)10-12)13-5-7-14(19-2)8-6-13/h4-10,18H,3,11H2,1-2H3. The van der Waals surface area contributed by atoms with Gasteiger partial charge in [0.25, 0.3) is 0 Å². The highest BCUT2D eigenvalue weighted by molar-refractivity contribution is 6.33. The van der Waals surface area contributed by atoms with E-state index < -0.39 is 0 Å². The summed E-state index contributed by atoms with van der Waals surface area (Å²) < 4.78 is 5.16. The molecule has 0 heterocycles. The third-order valence-electron chi connectivity index (χ3n) is 3.01. The minimum Gasteiger partial charge on any atom is -0.497 e. The number of methoxy groups -OCH3 is 1. The van der Waals surface area contributed by atoms with Gasteiger partial charge in [-0.3, -0.25) is 0 Å². The van der Waals surface area contributed by atoms with Crippen LogP contribution in [0, 0.1) is 0 Å². The topological polar surface area (TPSA) is 21.3 Å². The van der Waals surface area contributed by atoms with Crippen molar-refractivity contribution in [1.82, 2.24) is 5.32 Å². The van der Waals surface area contributed by atoms with Crippen molar-refractivity contribution in [3.8, 4) is 16.9 Å². The second-order valence-corrected chi connectivity index (χ2v) is 4.73. The second-order valence-electron chi connectivity index (χ2n) is 4.32. The van der Waals surface area contributed by atoms with Gasteiger partial charge in [0.1, 0.15) is 5.75 Å². The van der Waals surface area contributed by atoms with Gasteiger partial charge in [0.05, 0.1) is 7.11 Å². The number of hydrogen-bond donors (Lipinski definition) is 1. The zero-order chi connectivity index (χ0) is 13.7. The third-order valence-corrected chi connectivity index (χ3v) is 3.33. The Kier molecular flexibility index (Phi) is 4.83. The first kappa shape index (κ1) is 13.9. The predicted molar refractivity (Wildman–Crippen MR) is 80.8 cm³/mol. The average molecular weight is 276 g/mol. The zero-order valence-electron chi connectivity index (χ0n) is 11.2. The number of rotatable bonds is 5. The monoisotopic (exact) mass is 275 g/mol. The third kappa shape index (κ3) is 3.49. The fourth-order valence-electron chi connectivity index (χ4n) is 1.94. The molecule has 0 fully saturated rings. The summed E-state index contributed by atoms with van der Waals surface area (Å²) in [5, 5.41) is 4.07. The Balaban J connectivity index is 2.24. The van der Waals surface area contributed by atoms with Crippen LogP contribution in [-0.2, 0) is 6.54 Å². The summed E-state index contributed by atoms with van der Waals surface area (Å²) >= 11 is 6.36. The minimum atomic E-state index is 0.778. The Hall–Kier alpha value is -1.51. The minimum absolute atomic E-state index is 0.778. The average Bonchev–Trinajstić information content (AvgIpc) is 2.45. The molecule has 2 aromatic rings. The van der Waals surface area contributed by atoms with Crippen molar-refractivity contribution in [3.05, 3.63) is 53.1 Å². The second kappa shape index (κ2) is 6.60. The summed E-state index contributed by atoms with van der Waals surface area (Å²) in [7, 11) is 1.66. The number of benzene rings is 2. The van der Waals surface area contributed by atoms with E-state index in [9.17, 15) is 0 Å². The van der Waals surface area contributed by atoms with E-state index in [0.29, 0.717) is 0 Å². The quantitative estimate of drug-likeness (QED) is 0.886. The van der Waals surface area contributed by atoms with Gasteiger partial charge in [-0.15, -0.1) is 0 Å². The van der Waals surface area contributed by atoms with Crippen LogP contribution in [0.5, 0.6) is 5.75 Å². The van der Waals surface area contributed by atoms with Crippen molar-refractivity contribution in [1.29, 1.82) is 0 Å². The molecule has 2 nitrogen and oxygen atoms in total. The molecule has 0 unspecified atom stereocenters. The normalized spacial score (nSPS) is 10.5. The number of nitrogens with one attached hydrogen (secondary N) is 1. The van der Waals surface area contributed by atoms with Gasteiger partial charge in [0, 0.05) is 17.1 Å². The summed E-state index contributed by atoms with van der Waals surface area (Å²) in [6.45, 7) is 3.89. The number of hydrogen-bond acceptors (Lipinski definition) is 2. The molecule has 0 aromatic heterocycles. The molecule has 0 aliphatic heterocycles. The molecule has 2 aromatic carbocycles. The molecule has 2 rings (SSSR count). The van der Waals surface area contributed by atoms with Gasteiger partial charge in [-0.05, 0) is 35.9 Å². The van der Waals surface area contributed by atoms with Crippen LogP contribution in [0.1, 0.15) is 12.5 Å². The number of halogens is 1. The number of ether oxygens (including phenoxy) is 1. The molecule has 0 radical (unpaired) electrons. The van der Waals surface area contributed by atoms with Crippen LogP contribution in [0.4, 0.5) is 0 Å². The lowest BCUT2D eigenvalue weighted by molar-refractivity contribution is 0.415. The molecule has 0 saturated heterocycles. The zero-order valence-corrected chi connectivity index (χ0v) is 12.0. The maximum Gasteiger partial charge on any atom is 0.118 e. The van der Waals surface area contributed by atoms with Crippen LogP contribution in [-0.4, -0.2) is 13.7 Å². The van der Waals surface area contributed by atoms with Crippen molar-refractivity contribution in [3.63, 3.8) is 0 Å². The lowest BCUT2D eigenvalue weighted by Gasteiger charge is -2.08. The van der Waals surface area contributed by atoms with Crippen LogP contribution in [0.3, 0.4) is 0 Å². The maximum absolute atomic E-state index is 6.36. The Morgan fingerprint density at radius 2 is 1.84 bits per heavy atom. The van der Waals surface area contributed by atoms with Crippen LogP contribution >= 0.6 is 11.6 Å². The molecular weight excluding hydrogens is 258 g/mol. The lowest BCUT2D eigenvalue weighted by atomic mass is 10.0. The van der Waals surface area contributed by atoms with Crippen LogP contribution in [0.25, 0.3) is 11.1 Å². The van der Waals surface area contributed by atoms with Gasteiger partial charge in [-0.25, -0.2) is 0 Å². The highest BCUT2D eigenvalue weighted by Gasteiger charge is 2.05. The maximum atomic E-state index is 6.36. The van der Waals surface area contributed by atoms with E-state index in [0.717, 1.165) is 35.0 Å². The summed E-state index contributed by atoms with van der Waals surface area (Å²) in [6, 6.07) is 14.1. The fourth-order valence-corrected chi connectivity index (χ4v) is 2.25. The van der Waals surface area contributed by atoms with Gasteiger partial charge < -0.3 is 10.1 Å². The molecule has 0 aliphatic rings. The molecule has 3 heteroatoms. The molecule has 1 N–H and O–H groups in total. The Morgan fingerprint density at radius 3 is 2.42 bits per heavy atom. The Bertz CT molecular complexity index is 537. The van der Waals surface area contributed by atoms with Crippen LogP contribution < -0.4 is 10.1 Å². The molecule has 0 saturated carbocycles. The van der Waals surface area contributed by atoms with Crippen molar-refractivity contribution >= 4 is 11.6 Å². The van der Waals surface area contributed by atoms with E-state index in [2.05, 4.69) is 24.4 Å². The molecule has 0 amide bonds. The lowest BCUT2D eigenvalue weighted by Crippen LogP contribution is -2.11. The van der Waals surface area contributed by atoms with Crippen molar-refractivity contribution in [2.24, 2.45) is 0 Å². The van der Waals surface area contributed by atoms with E-state index in [1.807, 2.05) is 30.3 Å². The van der Waals surface area contributed by atoms with E-state index in [1.165, 1.54) is 5.56 Å². The van der Waals surface area contributed by atoms with Crippen molar-refractivity contribution in [2.45, 2.75) is 13.5 Å². The fraction of sp³-hybridized carbons (Fsp3) is 0.250. The molecule has 0 atom stereocenters. The summed E-state index contributed by atoms with van der Waals surface area (Å²) in [5.74, 6) is 0.851. The van der Waals surface area contributed by atoms with Gasteiger partial charge in [0.2, 0.25) is 0 Å². The highest BCUT2D eigenvalue weighted by atomic mass is 35.5. The largest absolute Gasteiger partial charge is 0.497 e. The summed E-state index contributed by atoms with van der Waals surface area (Å²) in [6.07, 6.45) is 0. The van der Waals surface area contributed by atoms with E-state index in [-0.39, 0.29) is 0 Å². The van der Waals surface area contributed by atoms with E-state index in [4.69, 9.17) is 16.3 Å². The van der Waals surface area contributed by atoms with E-state index in [1.54, 1.807) is 7.11 Å². The van der Waals surface area contributed by atoms with Gasteiger partial charge in [0.15, 0.2) is 0 Å². The first-order valence-electron chi connectivity index (χ1n) is 6.38. The first-order chi connectivity index (χ1) is 9.24. The molecular formula is C16H18ClNO. The van der Waals surface area contributed by atoms with Crippen molar-refractivity contribution in [2.75, 3.05) is 13.7 Å². The first-order valence-corrected chi connectivity index (χ1v) is 6.76. The highest BCUT2D eigenvalue weighted by Crippen LogP contribution is 2.29. The summed E-state index contributed by atoms with van der Waals surface area (Å²) in [5.41, 5.74) is 3.34. The van der Waals surface area contributed by atoms with Gasteiger partial charge in [-0.1, -0.05) is 42.8 Å². The molecule has 0 spiro atoms. The van der Waals surface area contributed by atoms with Gasteiger partial charge in [-0.2, -0.15) is 0 Å². The Morgan fingerprint density at radius 1 is 1.11 bits per heavy atom. The van der Waals surface area contributed by atoms with E-state index >= 15 is 0 Å². The molecule has 0 bridgehead atoms. The predicted octanol–water partition coefficient (Wildman–Crippen LogP) is 4.13. The molecule has 100 valence electrons. The van der Waals surface area contributed by atoms with Crippen LogP contribution in [0.2, 0.25) is 5.02 Å². The smallest absolute Gasteiger partial charge is 0.118 e. The van der Waals surface area contributed by atoms with Crippen LogP contribution in [0.15, 0.2) is 42.5 Å². The van der Waals surface area contributed by atoms with Crippen molar-refractivity contribution < 1.29 is 4.74 Å².